The first-order valence-corrected chi connectivity index (χ1v) is 8.01. The van der Waals surface area contributed by atoms with Gasteiger partial charge in [0, 0.05) is 17.8 Å². The number of hydrogen-bond acceptors (Lipinski definition) is 5. The van der Waals surface area contributed by atoms with E-state index in [0.29, 0.717) is 11.4 Å². The monoisotopic (exact) mass is 377 g/mol. The van der Waals surface area contributed by atoms with Crippen LogP contribution in [0, 0.1) is 10.1 Å². The molecule has 7 nitrogen and oxygen atoms in total. The van der Waals surface area contributed by atoms with Gasteiger partial charge >= 0.3 is 0 Å². The zero-order chi connectivity index (χ0) is 18.0. The molecule has 1 unspecified atom stereocenters. The number of nitrogens with zero attached hydrogens (tertiary/aromatic N) is 1. The topological polar surface area (TPSA) is 107 Å². The minimum absolute atomic E-state index is 0. The summed E-state index contributed by atoms with van der Waals surface area (Å²) >= 11 is 0. The Morgan fingerprint density at radius 3 is 2.77 bits per heavy atom. The van der Waals surface area contributed by atoms with E-state index in [1.807, 2.05) is 18.2 Å². The molecule has 138 valence electrons. The molecule has 2 aromatic rings. The van der Waals surface area contributed by atoms with Crippen LogP contribution in [0.3, 0.4) is 0 Å². The van der Waals surface area contributed by atoms with Crippen LogP contribution >= 0.6 is 12.4 Å². The molecule has 26 heavy (non-hydrogen) atoms. The molecule has 3 N–H and O–H groups in total. The number of aryl methyl sites for hydroxylation is 1. The highest BCUT2D eigenvalue weighted by atomic mass is 35.5. The largest absolute Gasteiger partial charge is 0.496 e. The summed E-state index contributed by atoms with van der Waals surface area (Å²) in [4.78, 5) is 23.2. The summed E-state index contributed by atoms with van der Waals surface area (Å²) in [5, 5.41) is 14.0. The van der Waals surface area contributed by atoms with Crippen molar-refractivity contribution in [3.05, 3.63) is 63.2 Å². The number of nitrogen functional groups attached to an aromatic ring is 1. The Morgan fingerprint density at radius 1 is 1.31 bits per heavy atom. The van der Waals surface area contributed by atoms with Gasteiger partial charge in [-0.1, -0.05) is 6.07 Å². The van der Waals surface area contributed by atoms with E-state index < -0.39 is 10.8 Å². The van der Waals surface area contributed by atoms with Crippen LogP contribution in [0.1, 0.15) is 40.4 Å². The van der Waals surface area contributed by atoms with E-state index in [0.717, 1.165) is 30.4 Å². The van der Waals surface area contributed by atoms with E-state index in [2.05, 4.69) is 5.32 Å². The number of halogens is 1. The quantitative estimate of drug-likeness (QED) is 0.482. The number of methoxy groups -OCH3 is 1. The molecule has 1 aliphatic carbocycles. The Labute approximate surface area is 157 Å². The van der Waals surface area contributed by atoms with Crippen molar-refractivity contribution in [2.75, 3.05) is 12.8 Å². The van der Waals surface area contributed by atoms with Crippen LogP contribution in [0.15, 0.2) is 36.4 Å². The van der Waals surface area contributed by atoms with Crippen LogP contribution in [0.5, 0.6) is 5.75 Å². The van der Waals surface area contributed by atoms with Crippen molar-refractivity contribution in [1.29, 1.82) is 0 Å². The van der Waals surface area contributed by atoms with E-state index >= 15 is 0 Å². The molecule has 0 heterocycles. The van der Waals surface area contributed by atoms with Crippen molar-refractivity contribution in [1.82, 2.24) is 5.32 Å². The number of nitrogens with one attached hydrogen (secondary N) is 1. The van der Waals surface area contributed by atoms with Crippen molar-refractivity contribution in [3.8, 4) is 5.75 Å². The maximum atomic E-state index is 12.7. The fraction of sp³-hybridized carbons (Fsp3) is 0.278. The van der Waals surface area contributed by atoms with Gasteiger partial charge in [-0.05, 0) is 48.6 Å². The van der Waals surface area contributed by atoms with Crippen LogP contribution in [0.4, 0.5) is 11.4 Å². The third-order valence-corrected chi connectivity index (χ3v) is 4.43. The van der Waals surface area contributed by atoms with Crippen molar-refractivity contribution >= 4 is 29.7 Å². The van der Waals surface area contributed by atoms with Crippen LogP contribution < -0.4 is 15.8 Å². The molecule has 0 saturated carbocycles. The number of carbonyl (C=O) groups excluding carboxylic acids is 1. The van der Waals surface area contributed by atoms with E-state index in [1.54, 1.807) is 0 Å². The number of carbonyl (C=O) groups is 1. The molecule has 3 rings (SSSR count). The van der Waals surface area contributed by atoms with Gasteiger partial charge in [0.15, 0.2) is 0 Å². The molecule has 0 fully saturated rings. The lowest BCUT2D eigenvalue weighted by atomic mass is 9.87. The standard InChI is InChI=1S/C18H19N3O4.ClH/c1-25-17-8-6-13(21(23)24)10-15(17)18(22)20-16-4-2-3-11-9-12(19)5-7-14(11)16;/h5-10,16H,2-4,19H2,1H3,(H,20,22);1H. The van der Waals surface area contributed by atoms with Gasteiger partial charge in [-0.2, -0.15) is 0 Å². The van der Waals surface area contributed by atoms with Crippen LogP contribution in [0.25, 0.3) is 0 Å². The summed E-state index contributed by atoms with van der Waals surface area (Å²) in [5.41, 5.74) is 8.70. The predicted molar refractivity (Wildman–Crippen MR) is 101 cm³/mol. The van der Waals surface area contributed by atoms with Gasteiger partial charge in [-0.15, -0.1) is 12.4 Å². The lowest BCUT2D eigenvalue weighted by molar-refractivity contribution is -0.384. The van der Waals surface area contributed by atoms with E-state index in [-0.39, 0.29) is 29.7 Å². The molecule has 0 saturated heterocycles. The maximum Gasteiger partial charge on any atom is 0.270 e. The van der Waals surface area contributed by atoms with Crippen molar-refractivity contribution < 1.29 is 14.5 Å². The first kappa shape index (κ1) is 19.5. The van der Waals surface area contributed by atoms with Gasteiger partial charge in [-0.25, -0.2) is 0 Å². The Bertz CT molecular complexity index is 841. The number of anilines is 1. The lowest BCUT2D eigenvalue weighted by Crippen LogP contribution is -2.31. The fourth-order valence-electron chi connectivity index (χ4n) is 3.21. The number of nitro groups is 1. The number of nitrogens with two attached hydrogens (primary N) is 1. The third-order valence-electron chi connectivity index (χ3n) is 4.43. The second-order valence-corrected chi connectivity index (χ2v) is 6.02. The molecule has 0 aromatic heterocycles. The Kier molecular flexibility index (Phi) is 6.05. The van der Waals surface area contributed by atoms with Gasteiger partial charge in [0.25, 0.3) is 11.6 Å². The maximum absolute atomic E-state index is 12.7. The molecule has 8 heteroatoms. The Morgan fingerprint density at radius 2 is 2.08 bits per heavy atom. The molecule has 0 aliphatic heterocycles. The highest BCUT2D eigenvalue weighted by molar-refractivity contribution is 5.97. The molecule has 0 bridgehead atoms. The van der Waals surface area contributed by atoms with Crippen molar-refractivity contribution in [2.45, 2.75) is 25.3 Å². The molecule has 0 radical (unpaired) electrons. The van der Waals surface area contributed by atoms with Crippen LogP contribution in [-0.4, -0.2) is 17.9 Å². The number of rotatable bonds is 4. The minimum Gasteiger partial charge on any atom is -0.496 e. The molecule has 1 aliphatic rings. The zero-order valence-corrected chi connectivity index (χ0v) is 15.0. The van der Waals surface area contributed by atoms with Gasteiger partial charge in [0.1, 0.15) is 5.75 Å². The average Bonchev–Trinajstić information content (AvgIpc) is 2.60. The highest BCUT2D eigenvalue weighted by Gasteiger charge is 2.24. The first-order valence-electron chi connectivity index (χ1n) is 8.01. The number of nitro benzene ring substituents is 1. The molecule has 0 spiro atoms. The molecule has 1 amide bonds. The summed E-state index contributed by atoms with van der Waals surface area (Å²) in [5.74, 6) is -0.0911. The summed E-state index contributed by atoms with van der Waals surface area (Å²) in [7, 11) is 1.43. The number of amides is 1. The number of benzene rings is 2. The number of non-ortho nitro benzene ring substituents is 1. The van der Waals surface area contributed by atoms with E-state index in [1.165, 1.54) is 25.3 Å². The zero-order valence-electron chi connectivity index (χ0n) is 14.2. The number of hydrogen-bond donors (Lipinski definition) is 2. The summed E-state index contributed by atoms with van der Waals surface area (Å²) in [6.45, 7) is 0. The van der Waals surface area contributed by atoms with Gasteiger partial charge in [0.2, 0.25) is 0 Å². The van der Waals surface area contributed by atoms with Crippen LogP contribution in [0.2, 0.25) is 0 Å². The normalized spacial score (nSPS) is 15.3. The van der Waals surface area contributed by atoms with E-state index in [4.69, 9.17) is 10.5 Å². The number of fused-ring (bicyclic) bond motifs is 1. The van der Waals surface area contributed by atoms with Crippen molar-refractivity contribution in [3.63, 3.8) is 0 Å². The number of ether oxygens (including phenoxy) is 1. The first-order chi connectivity index (χ1) is 12.0. The second-order valence-electron chi connectivity index (χ2n) is 6.02. The fourth-order valence-corrected chi connectivity index (χ4v) is 3.21. The Hall–Kier alpha value is -2.80. The van der Waals surface area contributed by atoms with Crippen LogP contribution in [-0.2, 0) is 6.42 Å². The van der Waals surface area contributed by atoms with E-state index in [9.17, 15) is 14.9 Å². The highest BCUT2D eigenvalue weighted by Crippen LogP contribution is 2.32. The lowest BCUT2D eigenvalue weighted by Gasteiger charge is -2.27. The predicted octanol–water partition coefficient (Wildman–Crippen LogP) is 3.41. The molecular weight excluding hydrogens is 358 g/mol. The third kappa shape index (κ3) is 3.88. The Balaban J connectivity index is 0.00000243. The molecular formula is C18H20ClN3O4. The second kappa shape index (κ2) is 8.05. The molecule has 2 aromatic carbocycles. The van der Waals surface area contributed by atoms with Gasteiger partial charge in [0.05, 0.1) is 23.6 Å². The minimum atomic E-state index is -0.533. The van der Waals surface area contributed by atoms with Gasteiger partial charge < -0.3 is 15.8 Å². The summed E-state index contributed by atoms with van der Waals surface area (Å²) in [6.07, 6.45) is 2.67. The summed E-state index contributed by atoms with van der Waals surface area (Å²) < 4.78 is 5.18. The smallest absolute Gasteiger partial charge is 0.270 e. The average molecular weight is 378 g/mol. The van der Waals surface area contributed by atoms with Crippen molar-refractivity contribution in [2.24, 2.45) is 0 Å². The molecule has 1 atom stereocenters. The SMILES string of the molecule is COc1ccc([N+](=O)[O-])cc1C(=O)NC1CCCc2cc(N)ccc21.Cl. The summed E-state index contributed by atoms with van der Waals surface area (Å²) in [6, 6.07) is 9.51. The van der Waals surface area contributed by atoms with Gasteiger partial charge in [-0.3, -0.25) is 14.9 Å².